The van der Waals surface area contributed by atoms with Crippen molar-refractivity contribution in [2.75, 3.05) is 13.2 Å². The minimum atomic E-state index is -0.659. The van der Waals surface area contributed by atoms with E-state index in [1.807, 2.05) is 0 Å². The molecule has 0 spiro atoms. The van der Waals surface area contributed by atoms with Crippen LogP contribution in [0.2, 0.25) is 0 Å². The number of nitrogens with one attached hydrogen (secondary N) is 1. The molecule has 3 N–H and O–H groups in total. The van der Waals surface area contributed by atoms with Crippen LogP contribution in [0, 0.1) is 0 Å². The molecule has 0 heterocycles. The average molecular weight is 1120 g/mol. The molecule has 1 amide bonds. The molecule has 79 heavy (non-hydrogen) atoms. The molecule has 0 bridgehead atoms. The molecule has 0 aromatic heterocycles. The molecule has 2 atom stereocenters. The van der Waals surface area contributed by atoms with Gasteiger partial charge in [0.15, 0.2) is 0 Å². The maximum absolute atomic E-state index is 12.5. The largest absolute Gasteiger partial charge is 0.466 e. The minimum Gasteiger partial charge on any atom is -0.466 e. The predicted octanol–water partition coefficient (Wildman–Crippen LogP) is 23.8. The number of carbonyl (C=O) groups excluding carboxylic acids is 2. The van der Waals surface area contributed by atoms with Crippen LogP contribution in [0.1, 0.15) is 431 Å². The van der Waals surface area contributed by atoms with Gasteiger partial charge in [-0.1, -0.05) is 393 Å². The summed E-state index contributed by atoms with van der Waals surface area (Å²) < 4.78 is 5.50. The van der Waals surface area contributed by atoms with Gasteiger partial charge in [-0.3, -0.25) is 9.59 Å². The molecule has 0 saturated carbocycles. The van der Waals surface area contributed by atoms with Crippen molar-refractivity contribution in [2.24, 2.45) is 0 Å². The van der Waals surface area contributed by atoms with E-state index in [9.17, 15) is 19.8 Å². The molecule has 0 radical (unpaired) electrons. The summed E-state index contributed by atoms with van der Waals surface area (Å²) in [6, 6.07) is -0.536. The Bertz CT molecular complexity index is 1150. The van der Waals surface area contributed by atoms with Gasteiger partial charge in [0.2, 0.25) is 5.91 Å². The Balaban J connectivity index is 3.29. The van der Waals surface area contributed by atoms with E-state index in [4.69, 9.17) is 4.74 Å². The van der Waals surface area contributed by atoms with Gasteiger partial charge in [0.05, 0.1) is 25.4 Å². The van der Waals surface area contributed by atoms with Crippen LogP contribution < -0.4 is 5.32 Å². The molecule has 2 unspecified atom stereocenters. The summed E-state index contributed by atoms with van der Waals surface area (Å²) in [4.78, 5) is 24.6. The fourth-order valence-electron chi connectivity index (χ4n) is 12.1. The van der Waals surface area contributed by atoms with E-state index in [1.165, 1.54) is 360 Å². The first-order chi connectivity index (χ1) is 39.0. The number of amides is 1. The lowest BCUT2D eigenvalue weighted by Crippen LogP contribution is -2.45. The summed E-state index contributed by atoms with van der Waals surface area (Å²) in [5, 5.41) is 23.3. The number of rotatable bonds is 70. The second kappa shape index (κ2) is 69.4. The Kier molecular flexibility index (Phi) is 68.4. The Hall–Kier alpha value is -1.14. The first-order valence-electron chi connectivity index (χ1n) is 36.8. The molecule has 0 rings (SSSR count). The fourth-order valence-corrected chi connectivity index (χ4v) is 12.1. The molecule has 0 aliphatic rings. The summed E-state index contributed by atoms with van der Waals surface area (Å²) in [5.74, 6) is -0.000814. The number of ether oxygens (including phenoxy) is 1. The zero-order chi connectivity index (χ0) is 57.1. The molecule has 0 aliphatic carbocycles. The number of unbranched alkanes of at least 4 members (excludes halogenated alkanes) is 59. The highest BCUT2D eigenvalue weighted by Gasteiger charge is 2.20. The lowest BCUT2D eigenvalue weighted by Gasteiger charge is -2.22. The van der Waals surface area contributed by atoms with E-state index in [0.29, 0.717) is 25.9 Å². The second-order valence-corrected chi connectivity index (χ2v) is 25.6. The van der Waals surface area contributed by atoms with E-state index in [-0.39, 0.29) is 18.5 Å². The average Bonchev–Trinajstić information content (AvgIpc) is 3.45. The van der Waals surface area contributed by atoms with Crippen molar-refractivity contribution in [3.05, 3.63) is 0 Å². The van der Waals surface area contributed by atoms with Crippen molar-refractivity contribution < 1.29 is 24.5 Å². The van der Waals surface area contributed by atoms with Crippen LogP contribution in [0.4, 0.5) is 0 Å². The second-order valence-electron chi connectivity index (χ2n) is 25.6. The van der Waals surface area contributed by atoms with Crippen LogP contribution in [0.5, 0.6) is 0 Å². The predicted molar refractivity (Wildman–Crippen MR) is 347 cm³/mol. The first-order valence-corrected chi connectivity index (χ1v) is 36.8. The van der Waals surface area contributed by atoms with Crippen LogP contribution in [0.25, 0.3) is 0 Å². The minimum absolute atomic E-state index is 0.0258. The Morgan fingerprint density at radius 2 is 0.519 bits per heavy atom. The molecule has 0 fully saturated rings. The summed E-state index contributed by atoms with van der Waals surface area (Å²) in [7, 11) is 0. The van der Waals surface area contributed by atoms with Crippen LogP contribution in [-0.2, 0) is 14.3 Å². The highest BCUT2D eigenvalue weighted by atomic mass is 16.5. The number of carbonyl (C=O) groups is 2. The van der Waals surface area contributed by atoms with E-state index >= 15 is 0 Å². The topological polar surface area (TPSA) is 95.9 Å². The quantitative estimate of drug-likeness (QED) is 0.0417. The molecule has 6 heteroatoms. The van der Waals surface area contributed by atoms with Crippen LogP contribution in [0.3, 0.4) is 0 Å². The van der Waals surface area contributed by atoms with Gasteiger partial charge in [-0.15, -0.1) is 0 Å². The molecule has 472 valence electrons. The SMILES string of the molecule is CCCCCCCCCCCCCCCCCC(=O)OCCCCCCCCCCCCCCCCCCCCCCCCCCCCCCCCCCCC(=O)NC(CO)C(O)CCCCCCCCCCCCCCCC. The van der Waals surface area contributed by atoms with Crippen molar-refractivity contribution in [1.29, 1.82) is 0 Å². The molecular weight excluding hydrogens is 971 g/mol. The number of hydrogen-bond donors (Lipinski definition) is 3. The van der Waals surface area contributed by atoms with E-state index in [2.05, 4.69) is 19.2 Å². The van der Waals surface area contributed by atoms with Crippen molar-refractivity contribution in [3.63, 3.8) is 0 Å². The zero-order valence-electron chi connectivity index (χ0n) is 54.2. The molecule has 0 aromatic carbocycles. The maximum Gasteiger partial charge on any atom is 0.305 e. The van der Waals surface area contributed by atoms with Gasteiger partial charge in [-0.2, -0.15) is 0 Å². The van der Waals surface area contributed by atoms with Crippen molar-refractivity contribution in [2.45, 2.75) is 443 Å². The number of aliphatic hydroxyl groups excluding tert-OH is 2. The summed E-state index contributed by atoms with van der Waals surface area (Å²) in [6.07, 6.45) is 84.6. The van der Waals surface area contributed by atoms with E-state index in [1.54, 1.807) is 0 Å². The van der Waals surface area contributed by atoms with E-state index < -0.39 is 12.1 Å². The van der Waals surface area contributed by atoms with Crippen LogP contribution in [-0.4, -0.2) is 47.4 Å². The van der Waals surface area contributed by atoms with Gasteiger partial charge in [0.1, 0.15) is 0 Å². The smallest absolute Gasteiger partial charge is 0.305 e. The van der Waals surface area contributed by atoms with Crippen molar-refractivity contribution in [1.82, 2.24) is 5.32 Å². The fraction of sp³-hybridized carbons (Fsp3) is 0.973. The Labute approximate surface area is 496 Å². The van der Waals surface area contributed by atoms with Crippen molar-refractivity contribution >= 4 is 11.9 Å². The standard InChI is InChI=1S/C73H145NO5/c1-3-5-7-9-11-13-15-17-38-43-47-51-55-59-63-67-73(78)79-68-64-60-56-52-48-44-40-37-35-33-31-29-27-25-23-21-19-20-22-24-26-28-30-32-34-36-39-42-46-50-54-58-62-66-72(77)74-70(69-75)71(76)65-61-57-53-49-45-41-18-16-14-12-10-8-6-4-2/h70-71,75-76H,3-69H2,1-2H3,(H,74,77). The van der Waals surface area contributed by atoms with Gasteiger partial charge < -0.3 is 20.3 Å². The van der Waals surface area contributed by atoms with Gasteiger partial charge >= 0.3 is 5.97 Å². The molecular formula is C73H145NO5. The summed E-state index contributed by atoms with van der Waals surface area (Å²) in [5.41, 5.74) is 0. The maximum atomic E-state index is 12.5. The van der Waals surface area contributed by atoms with Gasteiger partial charge in [-0.05, 0) is 25.7 Å². The van der Waals surface area contributed by atoms with Crippen molar-refractivity contribution in [3.8, 4) is 0 Å². The van der Waals surface area contributed by atoms with E-state index in [0.717, 1.165) is 38.5 Å². The summed E-state index contributed by atoms with van der Waals surface area (Å²) >= 11 is 0. The monoisotopic (exact) mass is 1120 g/mol. The molecule has 0 aromatic rings. The third-order valence-electron chi connectivity index (χ3n) is 17.7. The van der Waals surface area contributed by atoms with Gasteiger partial charge in [0.25, 0.3) is 0 Å². The zero-order valence-corrected chi connectivity index (χ0v) is 54.2. The number of aliphatic hydroxyl groups is 2. The van der Waals surface area contributed by atoms with Crippen LogP contribution in [0.15, 0.2) is 0 Å². The lowest BCUT2D eigenvalue weighted by molar-refractivity contribution is -0.143. The number of hydrogen-bond acceptors (Lipinski definition) is 5. The first kappa shape index (κ1) is 77.9. The van der Waals surface area contributed by atoms with Gasteiger partial charge in [-0.25, -0.2) is 0 Å². The highest BCUT2D eigenvalue weighted by molar-refractivity contribution is 5.76. The molecule has 0 saturated heterocycles. The summed E-state index contributed by atoms with van der Waals surface area (Å²) in [6.45, 7) is 5.00. The molecule has 6 nitrogen and oxygen atoms in total. The highest BCUT2D eigenvalue weighted by Crippen LogP contribution is 2.20. The van der Waals surface area contributed by atoms with Crippen LogP contribution >= 0.6 is 0 Å². The number of esters is 1. The lowest BCUT2D eigenvalue weighted by atomic mass is 10.0. The third-order valence-corrected chi connectivity index (χ3v) is 17.7. The third kappa shape index (κ3) is 65.9. The molecule has 0 aliphatic heterocycles. The Morgan fingerprint density at radius 3 is 0.772 bits per heavy atom. The normalized spacial score (nSPS) is 12.4. The van der Waals surface area contributed by atoms with Gasteiger partial charge in [0, 0.05) is 12.8 Å². The Morgan fingerprint density at radius 1 is 0.304 bits per heavy atom.